The standard InChI is InChI=1S/C25H20N2O4/c28-24(14-18-7-1-3-10-22(18)25(29)30)27-19-8-5-9-21(15-19)31-16-20-13-12-17-6-2-4-11-23(17)26-20/h1-13,15H,14,16H2,(H,27,28)(H,29,30). The second-order valence-electron chi connectivity index (χ2n) is 7.00. The summed E-state index contributed by atoms with van der Waals surface area (Å²) in [4.78, 5) is 28.3. The van der Waals surface area contributed by atoms with Crippen LogP contribution in [0.25, 0.3) is 10.9 Å². The van der Waals surface area contributed by atoms with Gasteiger partial charge in [0.1, 0.15) is 12.4 Å². The number of carbonyl (C=O) groups is 2. The molecule has 2 N–H and O–H groups in total. The van der Waals surface area contributed by atoms with Crippen molar-refractivity contribution in [2.24, 2.45) is 0 Å². The summed E-state index contributed by atoms with van der Waals surface area (Å²) < 4.78 is 5.84. The Hall–Kier alpha value is -4.19. The summed E-state index contributed by atoms with van der Waals surface area (Å²) in [6.45, 7) is 0.300. The van der Waals surface area contributed by atoms with Gasteiger partial charge >= 0.3 is 5.97 Å². The molecule has 3 aromatic carbocycles. The van der Waals surface area contributed by atoms with Crippen molar-refractivity contribution in [1.29, 1.82) is 0 Å². The molecule has 6 nitrogen and oxygen atoms in total. The van der Waals surface area contributed by atoms with Gasteiger partial charge in [0.05, 0.1) is 23.2 Å². The maximum absolute atomic E-state index is 12.4. The van der Waals surface area contributed by atoms with Crippen LogP contribution in [-0.4, -0.2) is 22.0 Å². The highest BCUT2D eigenvalue weighted by molar-refractivity contribution is 5.96. The van der Waals surface area contributed by atoms with Crippen molar-refractivity contribution in [2.75, 3.05) is 5.32 Å². The first-order valence-corrected chi connectivity index (χ1v) is 9.77. The summed E-state index contributed by atoms with van der Waals surface area (Å²) in [6, 6.07) is 25.3. The zero-order valence-electron chi connectivity index (χ0n) is 16.6. The maximum atomic E-state index is 12.4. The molecular weight excluding hydrogens is 392 g/mol. The van der Waals surface area contributed by atoms with E-state index in [2.05, 4.69) is 10.3 Å². The number of amides is 1. The number of nitrogens with one attached hydrogen (secondary N) is 1. The zero-order chi connectivity index (χ0) is 21.6. The van der Waals surface area contributed by atoms with E-state index in [9.17, 15) is 14.7 Å². The Morgan fingerprint density at radius 2 is 1.71 bits per heavy atom. The Labute approximate surface area is 179 Å². The number of nitrogens with zero attached hydrogens (tertiary/aromatic N) is 1. The number of carboxylic acid groups (broad SMARTS) is 1. The number of pyridine rings is 1. The third kappa shape index (κ3) is 5.05. The lowest BCUT2D eigenvalue weighted by atomic mass is 10.0. The molecule has 1 amide bonds. The lowest BCUT2D eigenvalue weighted by Gasteiger charge is -2.10. The third-order valence-corrected chi connectivity index (χ3v) is 4.76. The van der Waals surface area contributed by atoms with Gasteiger partial charge in [-0.15, -0.1) is 0 Å². The van der Waals surface area contributed by atoms with Crippen LogP contribution in [0.2, 0.25) is 0 Å². The highest BCUT2D eigenvalue weighted by atomic mass is 16.5. The van der Waals surface area contributed by atoms with Crippen molar-refractivity contribution >= 4 is 28.5 Å². The minimum atomic E-state index is -1.05. The molecule has 0 spiro atoms. The summed E-state index contributed by atoms with van der Waals surface area (Å²) in [5, 5.41) is 13.1. The van der Waals surface area contributed by atoms with Crippen LogP contribution in [0, 0.1) is 0 Å². The van der Waals surface area contributed by atoms with Gasteiger partial charge in [-0.2, -0.15) is 0 Å². The molecule has 1 aromatic heterocycles. The number of rotatable bonds is 7. The number of para-hydroxylation sites is 1. The number of carbonyl (C=O) groups excluding carboxylic acids is 1. The number of fused-ring (bicyclic) bond motifs is 1. The van der Waals surface area contributed by atoms with E-state index >= 15 is 0 Å². The van der Waals surface area contributed by atoms with Crippen LogP contribution in [0.3, 0.4) is 0 Å². The highest BCUT2D eigenvalue weighted by Crippen LogP contribution is 2.20. The summed E-state index contributed by atoms with van der Waals surface area (Å²) in [6.07, 6.45) is -0.0332. The average Bonchev–Trinajstić information content (AvgIpc) is 2.78. The van der Waals surface area contributed by atoms with Gasteiger partial charge in [0, 0.05) is 17.1 Å². The number of aromatic nitrogens is 1. The lowest BCUT2D eigenvalue weighted by Crippen LogP contribution is -2.16. The van der Waals surface area contributed by atoms with Gasteiger partial charge < -0.3 is 15.2 Å². The van der Waals surface area contributed by atoms with E-state index in [1.165, 1.54) is 6.07 Å². The van der Waals surface area contributed by atoms with Crippen LogP contribution in [0.1, 0.15) is 21.6 Å². The molecule has 6 heteroatoms. The van der Waals surface area contributed by atoms with E-state index in [0.717, 1.165) is 16.6 Å². The van der Waals surface area contributed by atoms with E-state index in [1.807, 2.05) is 36.4 Å². The van der Waals surface area contributed by atoms with Crippen molar-refractivity contribution in [3.63, 3.8) is 0 Å². The molecule has 0 aliphatic carbocycles. The van der Waals surface area contributed by atoms with Gasteiger partial charge in [-0.3, -0.25) is 4.79 Å². The number of benzene rings is 3. The fraction of sp³-hybridized carbons (Fsp3) is 0.0800. The van der Waals surface area contributed by atoms with Crippen LogP contribution in [0.5, 0.6) is 5.75 Å². The van der Waals surface area contributed by atoms with E-state index in [4.69, 9.17) is 4.74 Å². The fourth-order valence-corrected chi connectivity index (χ4v) is 3.27. The van der Waals surface area contributed by atoms with Crippen molar-refractivity contribution in [3.8, 4) is 5.75 Å². The van der Waals surface area contributed by atoms with E-state index < -0.39 is 5.97 Å². The van der Waals surface area contributed by atoms with Gasteiger partial charge in [-0.05, 0) is 35.9 Å². The molecule has 0 aliphatic heterocycles. The lowest BCUT2D eigenvalue weighted by molar-refractivity contribution is -0.115. The second-order valence-corrected chi connectivity index (χ2v) is 7.00. The Morgan fingerprint density at radius 1 is 0.903 bits per heavy atom. The van der Waals surface area contributed by atoms with E-state index in [1.54, 1.807) is 42.5 Å². The van der Waals surface area contributed by atoms with Gasteiger partial charge in [-0.25, -0.2) is 9.78 Å². The number of hydrogen-bond donors (Lipinski definition) is 2. The first-order valence-electron chi connectivity index (χ1n) is 9.77. The topological polar surface area (TPSA) is 88.5 Å². The van der Waals surface area contributed by atoms with Gasteiger partial charge in [-0.1, -0.05) is 48.5 Å². The smallest absolute Gasteiger partial charge is 0.335 e. The Balaban J connectivity index is 1.40. The third-order valence-electron chi connectivity index (χ3n) is 4.76. The summed E-state index contributed by atoms with van der Waals surface area (Å²) in [5.41, 5.74) is 2.87. The summed E-state index contributed by atoms with van der Waals surface area (Å²) in [7, 11) is 0. The second kappa shape index (κ2) is 9.09. The highest BCUT2D eigenvalue weighted by Gasteiger charge is 2.13. The molecule has 0 unspecified atom stereocenters. The minimum absolute atomic E-state index is 0.0332. The Kier molecular flexibility index (Phi) is 5.89. The molecular formula is C25H20N2O4. The number of anilines is 1. The first kappa shape index (κ1) is 20.1. The van der Waals surface area contributed by atoms with Crippen LogP contribution < -0.4 is 10.1 Å². The molecule has 0 aliphatic rings. The molecule has 31 heavy (non-hydrogen) atoms. The van der Waals surface area contributed by atoms with Crippen LogP contribution in [0.15, 0.2) is 84.9 Å². The molecule has 0 saturated heterocycles. The van der Waals surface area contributed by atoms with Gasteiger partial charge in [0.2, 0.25) is 5.91 Å². The van der Waals surface area contributed by atoms with Crippen molar-refractivity contribution in [2.45, 2.75) is 13.0 Å². The fourth-order valence-electron chi connectivity index (χ4n) is 3.27. The van der Waals surface area contributed by atoms with Crippen molar-refractivity contribution in [3.05, 3.63) is 102 Å². The SMILES string of the molecule is O=C(Cc1ccccc1C(=O)O)Nc1cccc(OCc2ccc3ccccc3n2)c1. The molecule has 0 bridgehead atoms. The molecule has 1 heterocycles. The molecule has 0 radical (unpaired) electrons. The van der Waals surface area contributed by atoms with Crippen LogP contribution in [-0.2, 0) is 17.8 Å². The number of aromatic carboxylic acids is 1. The van der Waals surface area contributed by atoms with Gasteiger partial charge in [0.25, 0.3) is 0 Å². The van der Waals surface area contributed by atoms with E-state index in [-0.39, 0.29) is 17.9 Å². The summed E-state index contributed by atoms with van der Waals surface area (Å²) >= 11 is 0. The molecule has 4 rings (SSSR count). The van der Waals surface area contributed by atoms with Crippen molar-refractivity contribution < 1.29 is 19.4 Å². The maximum Gasteiger partial charge on any atom is 0.335 e. The molecule has 0 atom stereocenters. The average molecular weight is 412 g/mol. The molecule has 0 saturated carbocycles. The Morgan fingerprint density at radius 3 is 2.58 bits per heavy atom. The van der Waals surface area contributed by atoms with Gasteiger partial charge in [0.15, 0.2) is 0 Å². The zero-order valence-corrected chi connectivity index (χ0v) is 16.6. The van der Waals surface area contributed by atoms with E-state index in [0.29, 0.717) is 23.6 Å². The minimum Gasteiger partial charge on any atom is -0.487 e. The quantitative estimate of drug-likeness (QED) is 0.460. The molecule has 4 aromatic rings. The monoisotopic (exact) mass is 412 g/mol. The van der Waals surface area contributed by atoms with Crippen molar-refractivity contribution in [1.82, 2.24) is 4.98 Å². The number of ether oxygens (including phenoxy) is 1. The summed E-state index contributed by atoms with van der Waals surface area (Å²) in [5.74, 6) is -0.762. The molecule has 154 valence electrons. The predicted molar refractivity (Wildman–Crippen MR) is 118 cm³/mol. The number of carboxylic acids is 1. The first-order chi connectivity index (χ1) is 15.1. The number of hydrogen-bond acceptors (Lipinski definition) is 4. The van der Waals surface area contributed by atoms with Crippen LogP contribution in [0.4, 0.5) is 5.69 Å². The largest absolute Gasteiger partial charge is 0.487 e. The predicted octanol–water partition coefficient (Wildman–Crippen LogP) is 4.69. The normalized spacial score (nSPS) is 10.6. The Bertz CT molecular complexity index is 1250. The van der Waals surface area contributed by atoms with Crippen LogP contribution >= 0.6 is 0 Å². The molecule has 0 fully saturated rings.